The van der Waals surface area contributed by atoms with Crippen LogP contribution >= 0.6 is 0 Å². The Bertz CT molecular complexity index is 399. The zero-order valence-electron chi connectivity index (χ0n) is 11.1. The normalized spacial score (nSPS) is 19.7. The summed E-state index contributed by atoms with van der Waals surface area (Å²) < 4.78 is 7.18. The van der Waals surface area contributed by atoms with Crippen molar-refractivity contribution in [1.29, 1.82) is 0 Å². The summed E-state index contributed by atoms with van der Waals surface area (Å²) in [7, 11) is 3.79. The highest BCUT2D eigenvalue weighted by Crippen LogP contribution is 2.16. The number of amidine groups is 1. The van der Waals surface area contributed by atoms with E-state index in [9.17, 15) is 0 Å². The summed E-state index contributed by atoms with van der Waals surface area (Å²) in [5, 5.41) is 6.92. The standard InChI is InChI=1S/C13H22N4O/c1-17-9-3-5-11(17)12-13(16-8-7-14-12)15-6-4-10-18-2/h3,5,9,12,14H,4,6-8,10H2,1-2H3,(H,15,16). The summed E-state index contributed by atoms with van der Waals surface area (Å²) in [5.41, 5.74) is 1.24. The largest absolute Gasteiger partial charge is 0.385 e. The van der Waals surface area contributed by atoms with Gasteiger partial charge in [0, 0.05) is 45.7 Å². The minimum atomic E-state index is 0.182. The molecule has 5 heteroatoms. The lowest BCUT2D eigenvalue weighted by Crippen LogP contribution is -2.43. The van der Waals surface area contributed by atoms with Crippen LogP contribution in [0.15, 0.2) is 23.3 Å². The van der Waals surface area contributed by atoms with Crippen LogP contribution < -0.4 is 10.6 Å². The molecule has 18 heavy (non-hydrogen) atoms. The Morgan fingerprint density at radius 2 is 2.50 bits per heavy atom. The number of aromatic nitrogens is 1. The maximum absolute atomic E-state index is 5.05. The van der Waals surface area contributed by atoms with Crippen molar-refractivity contribution < 1.29 is 4.74 Å². The quantitative estimate of drug-likeness (QED) is 0.756. The van der Waals surface area contributed by atoms with Crippen molar-refractivity contribution in [3.63, 3.8) is 0 Å². The maximum Gasteiger partial charge on any atom is 0.120 e. The van der Waals surface area contributed by atoms with E-state index in [2.05, 4.69) is 45.6 Å². The molecule has 2 rings (SSSR count). The Kier molecular flexibility index (Phi) is 4.78. The second kappa shape index (κ2) is 6.56. The first-order chi connectivity index (χ1) is 8.83. The van der Waals surface area contributed by atoms with Gasteiger partial charge in [-0.3, -0.25) is 4.99 Å². The fraction of sp³-hybridized carbons (Fsp3) is 0.615. The number of ether oxygens (including phenoxy) is 1. The van der Waals surface area contributed by atoms with Gasteiger partial charge in [-0.15, -0.1) is 0 Å². The third-order valence-corrected chi connectivity index (χ3v) is 3.13. The number of nitrogens with one attached hydrogen (secondary N) is 2. The summed E-state index contributed by atoms with van der Waals surface area (Å²) >= 11 is 0. The molecule has 2 N–H and O–H groups in total. The number of hydrogen-bond donors (Lipinski definition) is 2. The molecule has 0 radical (unpaired) electrons. The lowest BCUT2D eigenvalue weighted by molar-refractivity contribution is 0.195. The molecule has 1 aromatic rings. The summed E-state index contributed by atoms with van der Waals surface area (Å²) in [6.45, 7) is 3.45. The molecule has 0 bridgehead atoms. The number of nitrogens with zero attached hydrogens (tertiary/aromatic N) is 2. The predicted octanol–water partition coefficient (Wildman–Crippen LogP) is 0.694. The molecule has 1 aliphatic heterocycles. The second-order valence-electron chi connectivity index (χ2n) is 4.47. The third-order valence-electron chi connectivity index (χ3n) is 3.13. The predicted molar refractivity (Wildman–Crippen MR) is 73.0 cm³/mol. The number of aryl methyl sites for hydroxylation is 1. The van der Waals surface area contributed by atoms with Crippen molar-refractivity contribution in [2.75, 3.05) is 33.4 Å². The van der Waals surface area contributed by atoms with Crippen molar-refractivity contribution in [2.45, 2.75) is 12.5 Å². The van der Waals surface area contributed by atoms with Gasteiger partial charge in [-0.1, -0.05) is 0 Å². The Labute approximate surface area is 108 Å². The van der Waals surface area contributed by atoms with E-state index in [-0.39, 0.29) is 6.04 Å². The summed E-state index contributed by atoms with van der Waals surface area (Å²) in [6.07, 6.45) is 3.06. The second-order valence-corrected chi connectivity index (χ2v) is 4.47. The van der Waals surface area contributed by atoms with Crippen LogP contribution in [0.5, 0.6) is 0 Å². The molecule has 0 fully saturated rings. The van der Waals surface area contributed by atoms with Crippen molar-refractivity contribution in [3.05, 3.63) is 24.0 Å². The first-order valence-electron chi connectivity index (χ1n) is 6.44. The Balaban J connectivity index is 1.98. The van der Waals surface area contributed by atoms with Crippen LogP contribution in [0.3, 0.4) is 0 Å². The monoisotopic (exact) mass is 250 g/mol. The van der Waals surface area contributed by atoms with Gasteiger partial charge in [0.15, 0.2) is 0 Å². The van der Waals surface area contributed by atoms with E-state index in [0.717, 1.165) is 38.5 Å². The van der Waals surface area contributed by atoms with Gasteiger partial charge >= 0.3 is 0 Å². The van der Waals surface area contributed by atoms with Crippen molar-refractivity contribution >= 4 is 5.84 Å². The summed E-state index contributed by atoms with van der Waals surface area (Å²) in [6, 6.07) is 4.38. The maximum atomic E-state index is 5.05. The van der Waals surface area contributed by atoms with Gasteiger partial charge in [-0.2, -0.15) is 0 Å². The van der Waals surface area contributed by atoms with Crippen molar-refractivity contribution in [2.24, 2.45) is 12.0 Å². The molecule has 0 saturated heterocycles. The highest BCUT2D eigenvalue weighted by atomic mass is 16.5. The number of methoxy groups -OCH3 is 1. The van der Waals surface area contributed by atoms with E-state index in [4.69, 9.17) is 4.74 Å². The SMILES string of the molecule is COCCCNC1=NCCNC1c1cccn1C. The van der Waals surface area contributed by atoms with E-state index < -0.39 is 0 Å². The van der Waals surface area contributed by atoms with Gasteiger partial charge in [0.2, 0.25) is 0 Å². The summed E-state index contributed by atoms with van der Waals surface area (Å²) in [5.74, 6) is 1.04. The molecule has 1 aliphatic rings. The molecule has 1 atom stereocenters. The molecule has 0 spiro atoms. The minimum Gasteiger partial charge on any atom is -0.385 e. The molecule has 0 amide bonds. The molecular formula is C13H22N4O. The van der Waals surface area contributed by atoms with Crippen LogP contribution in [0.4, 0.5) is 0 Å². The molecule has 2 heterocycles. The Morgan fingerprint density at radius 3 is 3.22 bits per heavy atom. The van der Waals surface area contributed by atoms with Crippen LogP contribution in [0.25, 0.3) is 0 Å². The minimum absolute atomic E-state index is 0.182. The lowest BCUT2D eigenvalue weighted by Gasteiger charge is -2.26. The summed E-state index contributed by atoms with van der Waals surface area (Å²) in [4.78, 5) is 4.59. The van der Waals surface area contributed by atoms with Crippen LogP contribution in [0, 0.1) is 0 Å². The van der Waals surface area contributed by atoms with E-state index in [0.29, 0.717) is 0 Å². The van der Waals surface area contributed by atoms with Crippen LogP contribution in [0.1, 0.15) is 18.2 Å². The van der Waals surface area contributed by atoms with Gasteiger partial charge in [0.25, 0.3) is 0 Å². The molecular weight excluding hydrogens is 228 g/mol. The van der Waals surface area contributed by atoms with Gasteiger partial charge in [0.1, 0.15) is 11.9 Å². The number of aliphatic imine (C=N–C) groups is 1. The van der Waals surface area contributed by atoms with Gasteiger partial charge in [-0.25, -0.2) is 0 Å². The van der Waals surface area contributed by atoms with Crippen LogP contribution in [-0.2, 0) is 11.8 Å². The highest BCUT2D eigenvalue weighted by molar-refractivity contribution is 5.88. The fourth-order valence-electron chi connectivity index (χ4n) is 2.18. The number of hydrogen-bond acceptors (Lipinski definition) is 4. The molecule has 1 unspecified atom stereocenters. The zero-order valence-corrected chi connectivity index (χ0v) is 11.1. The first kappa shape index (κ1) is 13.1. The average Bonchev–Trinajstić information content (AvgIpc) is 2.81. The topological polar surface area (TPSA) is 50.6 Å². The smallest absolute Gasteiger partial charge is 0.120 e. The van der Waals surface area contributed by atoms with Crippen LogP contribution in [0.2, 0.25) is 0 Å². The van der Waals surface area contributed by atoms with E-state index in [1.165, 1.54) is 5.69 Å². The number of rotatable bonds is 5. The lowest BCUT2D eigenvalue weighted by atomic mass is 10.1. The first-order valence-corrected chi connectivity index (χ1v) is 6.44. The van der Waals surface area contributed by atoms with Gasteiger partial charge in [-0.05, 0) is 18.6 Å². The van der Waals surface area contributed by atoms with Gasteiger partial charge < -0.3 is 19.9 Å². The molecule has 5 nitrogen and oxygen atoms in total. The molecule has 0 aliphatic carbocycles. The van der Waals surface area contributed by atoms with E-state index in [1.807, 2.05) is 0 Å². The average molecular weight is 250 g/mol. The Morgan fingerprint density at radius 1 is 1.61 bits per heavy atom. The van der Waals surface area contributed by atoms with E-state index in [1.54, 1.807) is 7.11 Å². The Hall–Kier alpha value is -1.33. The van der Waals surface area contributed by atoms with E-state index >= 15 is 0 Å². The third kappa shape index (κ3) is 3.11. The van der Waals surface area contributed by atoms with Crippen LogP contribution in [-0.4, -0.2) is 43.8 Å². The molecule has 100 valence electrons. The molecule has 0 saturated carbocycles. The molecule has 1 aromatic heterocycles. The van der Waals surface area contributed by atoms with Crippen molar-refractivity contribution in [1.82, 2.24) is 15.2 Å². The van der Waals surface area contributed by atoms with Gasteiger partial charge in [0.05, 0.1) is 6.54 Å². The fourth-order valence-corrected chi connectivity index (χ4v) is 2.18. The van der Waals surface area contributed by atoms with Crippen molar-refractivity contribution in [3.8, 4) is 0 Å². The molecule has 0 aromatic carbocycles. The highest BCUT2D eigenvalue weighted by Gasteiger charge is 2.22. The zero-order chi connectivity index (χ0) is 12.8.